The van der Waals surface area contributed by atoms with Gasteiger partial charge in [-0.3, -0.25) is 9.69 Å². The van der Waals surface area contributed by atoms with Crippen LogP contribution in [0.1, 0.15) is 28.0 Å². The Morgan fingerprint density at radius 2 is 1.92 bits per heavy atom. The van der Waals surface area contributed by atoms with Gasteiger partial charge in [-0.25, -0.2) is 4.98 Å². The van der Waals surface area contributed by atoms with Crippen molar-refractivity contribution in [2.75, 3.05) is 32.8 Å². The van der Waals surface area contributed by atoms with Crippen LogP contribution in [0.25, 0.3) is 0 Å². The molecule has 1 saturated heterocycles. The molecule has 2 heterocycles. The van der Waals surface area contributed by atoms with E-state index in [0.29, 0.717) is 12.3 Å². The van der Waals surface area contributed by atoms with Crippen LogP contribution in [0.4, 0.5) is 0 Å². The first-order chi connectivity index (χ1) is 11.7. The largest absolute Gasteiger partial charge is 0.494 e. The van der Waals surface area contributed by atoms with Gasteiger partial charge in [-0.1, -0.05) is 12.1 Å². The van der Waals surface area contributed by atoms with Gasteiger partial charge in [0, 0.05) is 38.1 Å². The molecule has 0 bridgehead atoms. The molecule has 0 N–H and O–H groups in total. The lowest BCUT2D eigenvalue weighted by Crippen LogP contribution is -2.48. The number of thiazole rings is 1. The number of rotatable bonds is 5. The molecule has 0 aliphatic carbocycles. The average Bonchev–Trinajstić information content (AvgIpc) is 3.03. The van der Waals surface area contributed by atoms with Crippen LogP contribution in [0.5, 0.6) is 5.75 Å². The number of hydrogen-bond acceptors (Lipinski definition) is 5. The maximum Gasteiger partial charge on any atom is 0.273 e. The molecule has 1 aromatic carbocycles. The van der Waals surface area contributed by atoms with Crippen LogP contribution in [0, 0.1) is 6.92 Å². The van der Waals surface area contributed by atoms with E-state index in [9.17, 15) is 4.79 Å². The van der Waals surface area contributed by atoms with Crippen LogP contribution in [-0.2, 0) is 6.54 Å². The maximum absolute atomic E-state index is 12.4. The van der Waals surface area contributed by atoms with E-state index in [1.807, 2.05) is 36.3 Å². The minimum absolute atomic E-state index is 0.0556. The van der Waals surface area contributed by atoms with E-state index >= 15 is 0 Å². The molecule has 128 valence electrons. The lowest BCUT2D eigenvalue weighted by atomic mass is 10.2. The number of hydrogen-bond donors (Lipinski definition) is 0. The first kappa shape index (κ1) is 16.9. The monoisotopic (exact) mass is 345 g/mol. The summed E-state index contributed by atoms with van der Waals surface area (Å²) < 4.78 is 5.47. The van der Waals surface area contributed by atoms with E-state index in [4.69, 9.17) is 4.74 Å². The van der Waals surface area contributed by atoms with Crippen LogP contribution < -0.4 is 4.74 Å². The van der Waals surface area contributed by atoms with Crippen molar-refractivity contribution in [2.45, 2.75) is 20.4 Å². The molecule has 0 saturated carbocycles. The molecule has 1 amide bonds. The second-order valence-corrected chi connectivity index (χ2v) is 6.96. The molecule has 1 aliphatic heterocycles. The van der Waals surface area contributed by atoms with E-state index in [2.05, 4.69) is 22.0 Å². The van der Waals surface area contributed by atoms with Crippen molar-refractivity contribution in [3.63, 3.8) is 0 Å². The number of piperazine rings is 1. The van der Waals surface area contributed by atoms with Gasteiger partial charge >= 0.3 is 0 Å². The van der Waals surface area contributed by atoms with E-state index in [1.165, 1.54) is 16.9 Å². The highest BCUT2D eigenvalue weighted by Gasteiger charge is 2.23. The quantitative estimate of drug-likeness (QED) is 0.836. The van der Waals surface area contributed by atoms with Crippen LogP contribution in [0.15, 0.2) is 29.6 Å². The van der Waals surface area contributed by atoms with Gasteiger partial charge in [0.15, 0.2) is 0 Å². The van der Waals surface area contributed by atoms with Gasteiger partial charge in [-0.2, -0.15) is 0 Å². The van der Waals surface area contributed by atoms with Gasteiger partial charge < -0.3 is 9.64 Å². The van der Waals surface area contributed by atoms with E-state index < -0.39 is 0 Å². The summed E-state index contributed by atoms with van der Waals surface area (Å²) in [4.78, 5) is 21.0. The molecular weight excluding hydrogens is 322 g/mol. The Morgan fingerprint density at radius 1 is 1.21 bits per heavy atom. The minimum atomic E-state index is 0.0556. The number of ether oxygens (including phenoxy) is 1. The number of carbonyl (C=O) groups excluding carboxylic acids is 1. The average molecular weight is 345 g/mol. The van der Waals surface area contributed by atoms with Crippen molar-refractivity contribution < 1.29 is 9.53 Å². The standard InChI is InChI=1S/C18H23N3O2S/c1-3-23-16-6-4-15(5-7-16)12-20-8-10-21(11-9-20)18(22)17-13-24-14(2)19-17/h4-7,13H,3,8-12H2,1-2H3. The van der Waals surface area contributed by atoms with Crippen molar-refractivity contribution in [3.05, 3.63) is 45.9 Å². The predicted octanol–water partition coefficient (Wildman–Crippen LogP) is 2.81. The van der Waals surface area contributed by atoms with E-state index in [-0.39, 0.29) is 5.91 Å². The lowest BCUT2D eigenvalue weighted by Gasteiger charge is -2.34. The minimum Gasteiger partial charge on any atom is -0.494 e. The van der Waals surface area contributed by atoms with Gasteiger partial charge in [-0.05, 0) is 31.5 Å². The number of aromatic nitrogens is 1. The number of carbonyl (C=O) groups is 1. The summed E-state index contributed by atoms with van der Waals surface area (Å²) in [5.74, 6) is 0.968. The Bertz CT molecular complexity index is 676. The summed E-state index contributed by atoms with van der Waals surface area (Å²) in [6, 6.07) is 8.26. The Morgan fingerprint density at radius 3 is 2.50 bits per heavy atom. The Hall–Kier alpha value is -1.92. The second kappa shape index (κ2) is 7.77. The van der Waals surface area contributed by atoms with Crippen molar-refractivity contribution in [1.82, 2.24) is 14.8 Å². The third kappa shape index (κ3) is 4.13. The topological polar surface area (TPSA) is 45.7 Å². The third-order valence-electron chi connectivity index (χ3n) is 4.14. The lowest BCUT2D eigenvalue weighted by molar-refractivity contribution is 0.0623. The predicted molar refractivity (Wildman–Crippen MR) is 95.6 cm³/mol. The number of aryl methyl sites for hydroxylation is 1. The fraction of sp³-hybridized carbons (Fsp3) is 0.444. The van der Waals surface area contributed by atoms with Crippen LogP contribution >= 0.6 is 11.3 Å². The second-order valence-electron chi connectivity index (χ2n) is 5.90. The molecule has 24 heavy (non-hydrogen) atoms. The molecule has 6 heteroatoms. The molecule has 3 rings (SSSR count). The molecular formula is C18H23N3O2S. The molecule has 0 atom stereocenters. The molecule has 0 spiro atoms. The zero-order chi connectivity index (χ0) is 16.9. The normalized spacial score (nSPS) is 15.5. The summed E-state index contributed by atoms with van der Waals surface area (Å²) in [5, 5.41) is 2.79. The zero-order valence-electron chi connectivity index (χ0n) is 14.2. The van der Waals surface area contributed by atoms with Gasteiger partial charge in [0.25, 0.3) is 5.91 Å². The number of amides is 1. The van der Waals surface area contributed by atoms with E-state index in [1.54, 1.807) is 0 Å². The van der Waals surface area contributed by atoms with Crippen molar-refractivity contribution in [2.24, 2.45) is 0 Å². The van der Waals surface area contributed by atoms with Gasteiger partial charge in [-0.15, -0.1) is 11.3 Å². The zero-order valence-corrected chi connectivity index (χ0v) is 15.0. The smallest absolute Gasteiger partial charge is 0.273 e. The van der Waals surface area contributed by atoms with Gasteiger partial charge in [0.05, 0.1) is 11.6 Å². The first-order valence-corrected chi connectivity index (χ1v) is 9.19. The van der Waals surface area contributed by atoms with Crippen LogP contribution in [0.2, 0.25) is 0 Å². The molecule has 0 radical (unpaired) electrons. The van der Waals surface area contributed by atoms with Crippen molar-refractivity contribution >= 4 is 17.2 Å². The maximum atomic E-state index is 12.4. The van der Waals surface area contributed by atoms with E-state index in [0.717, 1.165) is 43.5 Å². The fourth-order valence-electron chi connectivity index (χ4n) is 2.85. The molecule has 2 aromatic rings. The fourth-order valence-corrected chi connectivity index (χ4v) is 3.44. The molecule has 1 aromatic heterocycles. The Balaban J connectivity index is 1.50. The highest BCUT2D eigenvalue weighted by Crippen LogP contribution is 2.16. The van der Waals surface area contributed by atoms with Crippen molar-refractivity contribution in [1.29, 1.82) is 0 Å². The Kier molecular flexibility index (Phi) is 5.48. The summed E-state index contributed by atoms with van der Waals surface area (Å²) in [6.45, 7) is 8.80. The van der Waals surface area contributed by atoms with Crippen LogP contribution in [-0.4, -0.2) is 53.5 Å². The molecule has 5 nitrogen and oxygen atoms in total. The van der Waals surface area contributed by atoms with Gasteiger partial charge in [0.2, 0.25) is 0 Å². The highest BCUT2D eigenvalue weighted by molar-refractivity contribution is 7.09. The summed E-state index contributed by atoms with van der Waals surface area (Å²) in [5.41, 5.74) is 1.85. The summed E-state index contributed by atoms with van der Waals surface area (Å²) in [6.07, 6.45) is 0. The third-order valence-corrected chi connectivity index (χ3v) is 4.91. The summed E-state index contributed by atoms with van der Waals surface area (Å²) >= 11 is 1.52. The number of nitrogens with zero attached hydrogens (tertiary/aromatic N) is 3. The highest BCUT2D eigenvalue weighted by atomic mass is 32.1. The Labute approximate surface area is 146 Å². The molecule has 1 fully saturated rings. The first-order valence-electron chi connectivity index (χ1n) is 8.31. The SMILES string of the molecule is CCOc1ccc(CN2CCN(C(=O)c3csc(C)n3)CC2)cc1. The summed E-state index contributed by atoms with van der Waals surface area (Å²) in [7, 11) is 0. The molecule has 1 aliphatic rings. The molecule has 0 unspecified atom stereocenters. The van der Waals surface area contributed by atoms with Crippen molar-refractivity contribution in [3.8, 4) is 5.75 Å². The van der Waals surface area contributed by atoms with Gasteiger partial charge in [0.1, 0.15) is 11.4 Å². The van der Waals surface area contributed by atoms with Crippen LogP contribution in [0.3, 0.4) is 0 Å². The number of benzene rings is 1.